The standard InChI is InChI=1S/C16H18F3N3O/c1-11-4-5-12(8-13(11)16(17,18)19)21-9-14(23)22-15(10-20)6-2-3-7-15/h4-5,8,21H,2-3,6-7,9H2,1H3,(H,22,23). The number of hydrogen-bond acceptors (Lipinski definition) is 3. The maximum atomic E-state index is 12.9. The Labute approximate surface area is 132 Å². The average molecular weight is 325 g/mol. The van der Waals surface area contributed by atoms with Crippen molar-refractivity contribution < 1.29 is 18.0 Å². The van der Waals surface area contributed by atoms with Gasteiger partial charge in [-0.05, 0) is 50.3 Å². The molecule has 0 bridgehead atoms. The molecule has 0 unspecified atom stereocenters. The minimum absolute atomic E-state index is 0.127. The minimum atomic E-state index is -4.43. The number of amides is 1. The predicted octanol–water partition coefficient (Wildman–Crippen LogP) is 3.38. The number of anilines is 1. The highest BCUT2D eigenvalue weighted by molar-refractivity contribution is 5.82. The summed E-state index contributed by atoms with van der Waals surface area (Å²) in [4.78, 5) is 11.9. The molecule has 1 aromatic carbocycles. The Balaban J connectivity index is 1.98. The molecular weight excluding hydrogens is 307 g/mol. The molecule has 0 heterocycles. The Hall–Kier alpha value is -2.23. The molecule has 0 spiro atoms. The van der Waals surface area contributed by atoms with E-state index in [1.807, 2.05) is 0 Å². The van der Waals surface area contributed by atoms with Gasteiger partial charge in [0.15, 0.2) is 0 Å². The van der Waals surface area contributed by atoms with Gasteiger partial charge in [-0.1, -0.05) is 6.07 Å². The number of rotatable bonds is 4. The van der Waals surface area contributed by atoms with Crippen molar-refractivity contribution in [3.8, 4) is 6.07 Å². The zero-order valence-corrected chi connectivity index (χ0v) is 12.8. The van der Waals surface area contributed by atoms with Gasteiger partial charge in [-0.3, -0.25) is 4.79 Å². The second-order valence-electron chi connectivity index (χ2n) is 5.83. The Bertz CT molecular complexity index is 628. The lowest BCUT2D eigenvalue weighted by Gasteiger charge is -2.22. The first-order chi connectivity index (χ1) is 10.8. The maximum absolute atomic E-state index is 12.9. The van der Waals surface area contributed by atoms with E-state index in [9.17, 15) is 23.2 Å². The van der Waals surface area contributed by atoms with E-state index in [0.29, 0.717) is 12.8 Å². The summed E-state index contributed by atoms with van der Waals surface area (Å²) in [6.45, 7) is 1.21. The molecule has 4 nitrogen and oxygen atoms in total. The Morgan fingerprint density at radius 1 is 1.35 bits per heavy atom. The van der Waals surface area contributed by atoms with Crippen LogP contribution in [0.15, 0.2) is 18.2 Å². The van der Waals surface area contributed by atoms with Crippen LogP contribution in [0.4, 0.5) is 18.9 Å². The number of halogens is 3. The minimum Gasteiger partial charge on any atom is -0.376 e. The number of benzene rings is 1. The molecule has 2 N–H and O–H groups in total. The topological polar surface area (TPSA) is 64.9 Å². The molecule has 1 fully saturated rings. The highest BCUT2D eigenvalue weighted by Crippen LogP contribution is 2.33. The summed E-state index contributed by atoms with van der Waals surface area (Å²) in [6.07, 6.45) is -1.45. The van der Waals surface area contributed by atoms with Crippen molar-refractivity contribution in [3.63, 3.8) is 0 Å². The monoisotopic (exact) mass is 325 g/mol. The van der Waals surface area contributed by atoms with Crippen molar-refractivity contribution in [2.24, 2.45) is 0 Å². The lowest BCUT2D eigenvalue weighted by molar-refractivity contribution is -0.138. The molecule has 7 heteroatoms. The molecule has 1 amide bonds. The van der Waals surface area contributed by atoms with Gasteiger partial charge in [0.1, 0.15) is 5.54 Å². The van der Waals surface area contributed by atoms with E-state index in [1.54, 1.807) is 0 Å². The summed E-state index contributed by atoms with van der Waals surface area (Å²) in [5.41, 5.74) is -1.21. The summed E-state index contributed by atoms with van der Waals surface area (Å²) >= 11 is 0. The number of nitrogens with one attached hydrogen (secondary N) is 2. The molecule has 1 aliphatic carbocycles. The molecule has 0 aromatic heterocycles. The van der Waals surface area contributed by atoms with Gasteiger partial charge in [0.05, 0.1) is 18.2 Å². The van der Waals surface area contributed by atoms with Gasteiger partial charge < -0.3 is 10.6 Å². The van der Waals surface area contributed by atoms with Gasteiger partial charge in [-0.2, -0.15) is 18.4 Å². The number of nitriles is 1. The number of carbonyl (C=O) groups excluding carboxylic acids is 1. The first-order valence-corrected chi connectivity index (χ1v) is 7.40. The summed E-state index contributed by atoms with van der Waals surface area (Å²) in [6, 6.07) is 5.97. The molecule has 0 radical (unpaired) electrons. The fourth-order valence-corrected chi connectivity index (χ4v) is 2.77. The molecule has 2 rings (SSSR count). The van der Waals surface area contributed by atoms with Crippen LogP contribution in [0.1, 0.15) is 36.8 Å². The molecular formula is C16H18F3N3O. The van der Waals surface area contributed by atoms with Gasteiger partial charge >= 0.3 is 6.18 Å². The van der Waals surface area contributed by atoms with Crippen LogP contribution in [0.2, 0.25) is 0 Å². The normalized spacial score (nSPS) is 16.7. The third-order valence-electron chi connectivity index (χ3n) is 4.05. The molecule has 0 atom stereocenters. The summed E-state index contributed by atoms with van der Waals surface area (Å²) < 4.78 is 38.6. The van der Waals surface area contributed by atoms with E-state index in [4.69, 9.17) is 0 Å². The molecule has 23 heavy (non-hydrogen) atoms. The van der Waals surface area contributed by atoms with Crippen LogP contribution in [-0.2, 0) is 11.0 Å². The first kappa shape index (κ1) is 17.1. The lowest BCUT2D eigenvalue weighted by Crippen LogP contribution is -2.47. The molecule has 0 saturated heterocycles. The van der Waals surface area contributed by atoms with Crippen LogP contribution in [0.5, 0.6) is 0 Å². The van der Waals surface area contributed by atoms with E-state index in [0.717, 1.165) is 18.9 Å². The zero-order valence-electron chi connectivity index (χ0n) is 12.8. The third-order valence-corrected chi connectivity index (χ3v) is 4.05. The van der Waals surface area contributed by atoms with Crippen LogP contribution < -0.4 is 10.6 Å². The number of aryl methyl sites for hydroxylation is 1. The van der Waals surface area contributed by atoms with Crippen molar-refractivity contribution in [2.45, 2.75) is 44.3 Å². The molecule has 1 aromatic rings. The highest BCUT2D eigenvalue weighted by Gasteiger charge is 2.35. The van der Waals surface area contributed by atoms with E-state index in [-0.39, 0.29) is 17.8 Å². The smallest absolute Gasteiger partial charge is 0.376 e. The Kier molecular flexibility index (Phi) is 4.83. The van der Waals surface area contributed by atoms with Gasteiger partial charge in [-0.25, -0.2) is 0 Å². The predicted molar refractivity (Wildman–Crippen MR) is 79.6 cm³/mol. The van der Waals surface area contributed by atoms with E-state index >= 15 is 0 Å². The fourth-order valence-electron chi connectivity index (χ4n) is 2.77. The largest absolute Gasteiger partial charge is 0.416 e. The first-order valence-electron chi connectivity index (χ1n) is 7.40. The SMILES string of the molecule is Cc1ccc(NCC(=O)NC2(C#N)CCCC2)cc1C(F)(F)F. The lowest BCUT2D eigenvalue weighted by atomic mass is 10.00. The summed E-state index contributed by atoms with van der Waals surface area (Å²) in [7, 11) is 0. The van der Waals surface area contributed by atoms with Crippen LogP contribution in [-0.4, -0.2) is 18.0 Å². The van der Waals surface area contributed by atoms with Gasteiger partial charge in [0.25, 0.3) is 0 Å². The maximum Gasteiger partial charge on any atom is 0.416 e. The van der Waals surface area contributed by atoms with Crippen LogP contribution in [0.25, 0.3) is 0 Å². The van der Waals surface area contributed by atoms with Crippen LogP contribution in [0.3, 0.4) is 0 Å². The van der Waals surface area contributed by atoms with Crippen molar-refractivity contribution in [3.05, 3.63) is 29.3 Å². The Morgan fingerprint density at radius 3 is 2.57 bits per heavy atom. The van der Waals surface area contributed by atoms with Gasteiger partial charge in [0, 0.05) is 5.69 Å². The van der Waals surface area contributed by atoms with Gasteiger partial charge in [0.2, 0.25) is 5.91 Å². The molecule has 124 valence electrons. The molecule has 0 aliphatic heterocycles. The summed E-state index contributed by atoms with van der Waals surface area (Å²) in [5.74, 6) is -0.400. The third kappa shape index (κ3) is 4.15. The highest BCUT2D eigenvalue weighted by atomic mass is 19.4. The quantitative estimate of drug-likeness (QED) is 0.892. The van der Waals surface area contributed by atoms with Crippen molar-refractivity contribution >= 4 is 11.6 Å². The zero-order chi connectivity index (χ0) is 17.1. The molecule has 1 saturated carbocycles. The van der Waals surface area contributed by atoms with E-state index in [1.165, 1.54) is 19.1 Å². The van der Waals surface area contributed by atoms with Crippen LogP contribution >= 0.6 is 0 Å². The average Bonchev–Trinajstić information content (AvgIpc) is 2.94. The number of carbonyl (C=O) groups is 1. The summed E-state index contributed by atoms with van der Waals surface area (Å²) in [5, 5.41) is 14.6. The van der Waals surface area contributed by atoms with Crippen molar-refractivity contribution in [1.29, 1.82) is 5.26 Å². The molecule has 1 aliphatic rings. The number of alkyl halides is 3. The van der Waals surface area contributed by atoms with E-state index in [2.05, 4.69) is 16.7 Å². The van der Waals surface area contributed by atoms with E-state index < -0.39 is 23.2 Å². The van der Waals surface area contributed by atoms with Crippen LogP contribution in [0, 0.1) is 18.3 Å². The van der Waals surface area contributed by atoms with Gasteiger partial charge in [-0.15, -0.1) is 0 Å². The number of nitrogens with zero attached hydrogens (tertiary/aromatic N) is 1. The second-order valence-corrected chi connectivity index (χ2v) is 5.83. The van der Waals surface area contributed by atoms with Crippen molar-refractivity contribution in [1.82, 2.24) is 5.32 Å². The fraction of sp³-hybridized carbons (Fsp3) is 0.500. The number of hydrogen-bond donors (Lipinski definition) is 2. The second kappa shape index (κ2) is 6.49. The van der Waals surface area contributed by atoms with Crippen molar-refractivity contribution in [2.75, 3.05) is 11.9 Å². The Morgan fingerprint density at radius 2 is 2.00 bits per heavy atom.